The zero-order chi connectivity index (χ0) is 20.4. The molecule has 0 atom stereocenters. The first kappa shape index (κ1) is 18.6. The van der Waals surface area contributed by atoms with Gasteiger partial charge in [-0.1, -0.05) is 18.2 Å². The summed E-state index contributed by atoms with van der Waals surface area (Å²) in [6, 6.07) is 20.8. The van der Waals surface area contributed by atoms with Crippen molar-refractivity contribution in [2.75, 3.05) is 19.5 Å². The van der Waals surface area contributed by atoms with Crippen molar-refractivity contribution < 1.29 is 14.3 Å². The van der Waals surface area contributed by atoms with Crippen molar-refractivity contribution in [2.45, 2.75) is 6.92 Å². The first-order chi connectivity index (χ1) is 14.1. The van der Waals surface area contributed by atoms with E-state index in [1.807, 2.05) is 43.3 Å². The van der Waals surface area contributed by atoms with Crippen molar-refractivity contribution in [3.63, 3.8) is 0 Å². The molecule has 1 heterocycles. The SMILES string of the molecule is COc1cc(NC(=O)c2ccc3c(c2)nc(C)n3-c2ccccc2)cc(OC)c1. The van der Waals surface area contributed by atoms with Crippen LogP contribution in [0.3, 0.4) is 0 Å². The molecular formula is C23H21N3O3. The monoisotopic (exact) mass is 387 g/mol. The molecule has 1 amide bonds. The van der Waals surface area contributed by atoms with Crippen molar-refractivity contribution in [1.29, 1.82) is 0 Å². The Balaban J connectivity index is 1.66. The highest BCUT2D eigenvalue weighted by Crippen LogP contribution is 2.27. The van der Waals surface area contributed by atoms with Crippen LogP contribution in [-0.4, -0.2) is 29.7 Å². The zero-order valence-electron chi connectivity index (χ0n) is 16.5. The van der Waals surface area contributed by atoms with E-state index < -0.39 is 0 Å². The molecule has 0 spiro atoms. The second-order valence-corrected chi connectivity index (χ2v) is 6.59. The molecule has 146 valence electrons. The summed E-state index contributed by atoms with van der Waals surface area (Å²) in [6.07, 6.45) is 0. The number of carbonyl (C=O) groups is 1. The van der Waals surface area contributed by atoms with Gasteiger partial charge in [-0.25, -0.2) is 4.98 Å². The van der Waals surface area contributed by atoms with Crippen LogP contribution in [0.15, 0.2) is 66.7 Å². The Hall–Kier alpha value is -3.80. The van der Waals surface area contributed by atoms with Crippen LogP contribution >= 0.6 is 0 Å². The van der Waals surface area contributed by atoms with Gasteiger partial charge in [-0.05, 0) is 37.3 Å². The normalized spacial score (nSPS) is 10.7. The molecule has 0 fully saturated rings. The number of rotatable bonds is 5. The molecule has 0 aliphatic carbocycles. The zero-order valence-corrected chi connectivity index (χ0v) is 16.5. The summed E-state index contributed by atoms with van der Waals surface area (Å²) in [6.45, 7) is 1.95. The molecule has 0 aliphatic rings. The van der Waals surface area contributed by atoms with Gasteiger partial charge in [0.2, 0.25) is 0 Å². The van der Waals surface area contributed by atoms with Crippen molar-refractivity contribution in [3.05, 3.63) is 78.1 Å². The number of hydrogen-bond acceptors (Lipinski definition) is 4. The van der Waals surface area contributed by atoms with Gasteiger partial charge < -0.3 is 14.8 Å². The summed E-state index contributed by atoms with van der Waals surface area (Å²) >= 11 is 0. The van der Waals surface area contributed by atoms with Crippen molar-refractivity contribution in [2.24, 2.45) is 0 Å². The number of amides is 1. The Morgan fingerprint density at radius 1 is 0.931 bits per heavy atom. The van der Waals surface area contributed by atoms with Gasteiger partial charge in [0.1, 0.15) is 17.3 Å². The lowest BCUT2D eigenvalue weighted by molar-refractivity contribution is 0.102. The predicted molar refractivity (Wildman–Crippen MR) is 113 cm³/mol. The first-order valence-corrected chi connectivity index (χ1v) is 9.18. The van der Waals surface area contributed by atoms with E-state index >= 15 is 0 Å². The van der Waals surface area contributed by atoms with E-state index in [0.717, 1.165) is 22.5 Å². The lowest BCUT2D eigenvalue weighted by Gasteiger charge is -2.10. The maximum absolute atomic E-state index is 12.8. The van der Waals surface area contributed by atoms with Crippen molar-refractivity contribution in [1.82, 2.24) is 9.55 Å². The second kappa shape index (κ2) is 7.67. The lowest BCUT2D eigenvalue weighted by Crippen LogP contribution is -2.12. The number of aryl methyl sites for hydroxylation is 1. The third-order valence-electron chi connectivity index (χ3n) is 4.71. The predicted octanol–water partition coefficient (Wildman–Crippen LogP) is 4.60. The lowest BCUT2D eigenvalue weighted by atomic mass is 10.1. The third kappa shape index (κ3) is 3.65. The smallest absolute Gasteiger partial charge is 0.255 e. The molecule has 0 unspecified atom stereocenters. The largest absolute Gasteiger partial charge is 0.497 e. The molecular weight excluding hydrogens is 366 g/mol. The molecule has 1 N–H and O–H groups in total. The highest BCUT2D eigenvalue weighted by atomic mass is 16.5. The van der Waals surface area contributed by atoms with Crippen molar-refractivity contribution in [3.8, 4) is 17.2 Å². The Morgan fingerprint density at radius 3 is 2.28 bits per heavy atom. The van der Waals surface area contributed by atoms with E-state index in [9.17, 15) is 4.79 Å². The Kier molecular flexibility index (Phi) is 4.91. The minimum Gasteiger partial charge on any atom is -0.497 e. The van der Waals surface area contributed by atoms with E-state index in [4.69, 9.17) is 9.47 Å². The van der Waals surface area contributed by atoms with Gasteiger partial charge in [0.15, 0.2) is 0 Å². The molecule has 0 radical (unpaired) electrons. The molecule has 4 rings (SSSR count). The Labute approximate surface area is 168 Å². The van der Waals surface area contributed by atoms with Crippen LogP contribution in [0.2, 0.25) is 0 Å². The second-order valence-electron chi connectivity index (χ2n) is 6.59. The summed E-state index contributed by atoms with van der Waals surface area (Å²) in [5.41, 5.74) is 3.87. The van der Waals surface area contributed by atoms with Crippen LogP contribution in [-0.2, 0) is 0 Å². The van der Waals surface area contributed by atoms with E-state index in [-0.39, 0.29) is 5.91 Å². The number of benzene rings is 3. The molecule has 29 heavy (non-hydrogen) atoms. The van der Waals surface area contributed by atoms with Crippen LogP contribution in [0.25, 0.3) is 16.7 Å². The average molecular weight is 387 g/mol. The molecule has 6 nitrogen and oxygen atoms in total. The van der Waals surface area contributed by atoms with Gasteiger partial charge >= 0.3 is 0 Å². The number of anilines is 1. The van der Waals surface area contributed by atoms with Crippen molar-refractivity contribution >= 4 is 22.6 Å². The molecule has 1 aromatic heterocycles. The third-order valence-corrected chi connectivity index (χ3v) is 4.71. The minimum absolute atomic E-state index is 0.228. The number of fused-ring (bicyclic) bond motifs is 1. The first-order valence-electron chi connectivity index (χ1n) is 9.18. The molecule has 0 aliphatic heterocycles. The van der Waals surface area contributed by atoms with Crippen LogP contribution in [0.5, 0.6) is 11.5 Å². The topological polar surface area (TPSA) is 65.4 Å². The highest BCUT2D eigenvalue weighted by molar-refractivity contribution is 6.06. The summed E-state index contributed by atoms with van der Waals surface area (Å²) in [7, 11) is 3.14. The minimum atomic E-state index is -0.228. The molecule has 6 heteroatoms. The summed E-state index contributed by atoms with van der Waals surface area (Å²) < 4.78 is 12.6. The van der Waals surface area contributed by atoms with Crippen LogP contribution in [0.4, 0.5) is 5.69 Å². The van der Waals surface area contributed by atoms with Gasteiger partial charge in [0, 0.05) is 35.1 Å². The number of imidazole rings is 1. The van der Waals surface area contributed by atoms with Gasteiger partial charge in [0.05, 0.1) is 25.3 Å². The fourth-order valence-corrected chi connectivity index (χ4v) is 3.33. The van der Waals surface area contributed by atoms with Gasteiger partial charge in [-0.15, -0.1) is 0 Å². The molecule has 0 saturated heterocycles. The molecule has 3 aromatic carbocycles. The average Bonchev–Trinajstić information content (AvgIpc) is 3.08. The number of nitrogens with one attached hydrogen (secondary N) is 1. The molecule has 4 aromatic rings. The standard InChI is InChI=1S/C23H21N3O3/c1-15-24-21-11-16(9-10-22(21)26(15)18-7-5-4-6-8-18)23(27)25-17-12-19(28-2)14-20(13-17)29-3/h4-14H,1-3H3,(H,25,27). The Bertz CT molecular complexity index is 1160. The number of nitrogens with zero attached hydrogens (tertiary/aromatic N) is 2. The van der Waals surface area contributed by atoms with Crippen LogP contribution in [0.1, 0.15) is 16.2 Å². The number of para-hydroxylation sites is 1. The summed E-state index contributed by atoms with van der Waals surface area (Å²) in [5.74, 6) is 1.84. The van der Waals surface area contributed by atoms with Gasteiger partial charge in [0.25, 0.3) is 5.91 Å². The van der Waals surface area contributed by atoms with Crippen LogP contribution < -0.4 is 14.8 Å². The maximum atomic E-state index is 12.8. The quantitative estimate of drug-likeness (QED) is 0.543. The molecule has 0 bridgehead atoms. The maximum Gasteiger partial charge on any atom is 0.255 e. The van der Waals surface area contributed by atoms with Gasteiger partial charge in [-0.3, -0.25) is 9.36 Å². The number of ether oxygens (including phenoxy) is 2. The highest BCUT2D eigenvalue weighted by Gasteiger charge is 2.13. The van der Waals surface area contributed by atoms with Gasteiger partial charge in [-0.2, -0.15) is 0 Å². The number of hydrogen-bond donors (Lipinski definition) is 1. The summed E-state index contributed by atoms with van der Waals surface area (Å²) in [5, 5.41) is 2.89. The van der Waals surface area contributed by atoms with E-state index in [2.05, 4.69) is 14.9 Å². The van der Waals surface area contributed by atoms with E-state index in [0.29, 0.717) is 22.7 Å². The Morgan fingerprint density at radius 2 is 1.62 bits per heavy atom. The number of carbonyl (C=O) groups excluding carboxylic acids is 1. The number of methoxy groups -OCH3 is 2. The fraction of sp³-hybridized carbons (Fsp3) is 0.130. The van der Waals surface area contributed by atoms with Crippen LogP contribution in [0, 0.1) is 6.92 Å². The fourth-order valence-electron chi connectivity index (χ4n) is 3.33. The van der Waals surface area contributed by atoms with E-state index in [1.165, 1.54) is 0 Å². The number of aromatic nitrogens is 2. The summed E-state index contributed by atoms with van der Waals surface area (Å²) in [4.78, 5) is 17.4. The molecule has 0 saturated carbocycles. The van der Waals surface area contributed by atoms with E-state index in [1.54, 1.807) is 44.6 Å².